The molecule has 0 fully saturated rings. The second-order valence-corrected chi connectivity index (χ2v) is 6.09. The number of nitrogens with two attached hydrogens (primary N) is 1. The van der Waals surface area contributed by atoms with Crippen LogP contribution in [0.25, 0.3) is 0 Å². The highest BCUT2D eigenvalue weighted by Gasteiger charge is 2.31. The van der Waals surface area contributed by atoms with Gasteiger partial charge < -0.3 is 5.73 Å². The molecule has 0 aliphatic carbocycles. The van der Waals surface area contributed by atoms with Crippen molar-refractivity contribution in [1.82, 2.24) is 4.72 Å². The molecule has 0 aliphatic rings. The van der Waals surface area contributed by atoms with Gasteiger partial charge in [0.05, 0.1) is 17.9 Å². The van der Waals surface area contributed by atoms with Crippen LogP contribution >= 0.6 is 0 Å². The van der Waals surface area contributed by atoms with Crippen LogP contribution in [0.2, 0.25) is 0 Å². The number of benzene rings is 1. The number of nitrogens with one attached hydrogen (secondary N) is 1. The van der Waals surface area contributed by atoms with E-state index in [0.717, 1.165) is 6.92 Å². The molecular weight excluding hydrogens is 305 g/mol. The van der Waals surface area contributed by atoms with Gasteiger partial charge in [0, 0.05) is 11.6 Å². The first kappa shape index (κ1) is 17.5. The van der Waals surface area contributed by atoms with Crippen molar-refractivity contribution < 1.29 is 21.6 Å². The molecule has 0 heterocycles. The van der Waals surface area contributed by atoms with E-state index in [9.17, 15) is 21.6 Å². The Morgan fingerprint density at radius 1 is 1.38 bits per heavy atom. The second-order valence-electron chi connectivity index (χ2n) is 4.38. The molecule has 1 aromatic carbocycles. The number of hydrogen-bond donors (Lipinski definition) is 2. The molecule has 1 unspecified atom stereocenters. The van der Waals surface area contributed by atoms with E-state index in [4.69, 9.17) is 5.73 Å². The van der Waals surface area contributed by atoms with E-state index in [2.05, 4.69) is 11.8 Å². The third-order valence-electron chi connectivity index (χ3n) is 2.37. The fourth-order valence-electron chi connectivity index (χ4n) is 1.62. The van der Waals surface area contributed by atoms with E-state index in [1.54, 1.807) is 6.07 Å². The molecule has 3 N–H and O–H groups in total. The molecule has 21 heavy (non-hydrogen) atoms. The van der Waals surface area contributed by atoms with E-state index in [-0.39, 0.29) is 11.4 Å². The van der Waals surface area contributed by atoms with Crippen molar-refractivity contribution in [3.63, 3.8) is 0 Å². The zero-order valence-electron chi connectivity index (χ0n) is 11.2. The lowest BCUT2D eigenvalue weighted by atomic mass is 10.2. The summed E-state index contributed by atoms with van der Waals surface area (Å²) < 4.78 is 62.7. The summed E-state index contributed by atoms with van der Waals surface area (Å²) in [4.78, 5) is -0.139. The van der Waals surface area contributed by atoms with Crippen molar-refractivity contribution in [2.75, 3.05) is 6.54 Å². The van der Waals surface area contributed by atoms with Gasteiger partial charge >= 0.3 is 6.18 Å². The van der Waals surface area contributed by atoms with E-state index < -0.39 is 28.7 Å². The number of sulfonamides is 1. The summed E-state index contributed by atoms with van der Waals surface area (Å²) >= 11 is 0. The first-order valence-electron chi connectivity index (χ1n) is 6.02. The Balaban J connectivity index is 2.93. The zero-order chi connectivity index (χ0) is 16.1. The molecule has 0 aromatic heterocycles. The lowest BCUT2D eigenvalue weighted by Crippen LogP contribution is -2.35. The van der Waals surface area contributed by atoms with E-state index >= 15 is 0 Å². The molecule has 0 saturated carbocycles. The Kier molecular flexibility index (Phi) is 5.78. The van der Waals surface area contributed by atoms with Crippen LogP contribution in [0.4, 0.5) is 13.2 Å². The third-order valence-corrected chi connectivity index (χ3v) is 3.96. The Morgan fingerprint density at radius 3 is 2.62 bits per heavy atom. The molecule has 0 amide bonds. The monoisotopic (exact) mass is 320 g/mol. The van der Waals surface area contributed by atoms with Gasteiger partial charge in [0.25, 0.3) is 0 Å². The third kappa shape index (κ3) is 6.16. The molecule has 116 valence electrons. The van der Waals surface area contributed by atoms with Crippen LogP contribution in [0, 0.1) is 11.8 Å². The maximum Gasteiger partial charge on any atom is 0.390 e. The summed E-state index contributed by atoms with van der Waals surface area (Å²) in [6.45, 7) is 1.28. The van der Waals surface area contributed by atoms with Gasteiger partial charge in [-0.15, -0.1) is 0 Å². The quantitative estimate of drug-likeness (QED) is 0.828. The summed E-state index contributed by atoms with van der Waals surface area (Å²) in [5.41, 5.74) is 5.64. The van der Waals surface area contributed by atoms with Crippen molar-refractivity contribution in [3.05, 3.63) is 29.8 Å². The van der Waals surface area contributed by atoms with Gasteiger partial charge in [0.2, 0.25) is 10.0 Å². The highest BCUT2D eigenvalue weighted by Crippen LogP contribution is 2.22. The van der Waals surface area contributed by atoms with Crippen LogP contribution < -0.4 is 10.5 Å². The van der Waals surface area contributed by atoms with Gasteiger partial charge in [-0.05, 0) is 25.1 Å². The standard InChI is InChI=1S/C13H15F3N2O2S/c1-10(9-13(14,15)16)18-21(19,20)12-6-2-4-11(8-12)5-3-7-17/h2,4,6,8,10,18H,7,9,17H2,1H3. The van der Waals surface area contributed by atoms with E-state index in [0.29, 0.717) is 5.56 Å². The molecule has 8 heteroatoms. The fourth-order valence-corrected chi connectivity index (χ4v) is 2.90. The Labute approximate surface area is 121 Å². The molecule has 4 nitrogen and oxygen atoms in total. The van der Waals surface area contributed by atoms with Crippen LogP contribution in [0.3, 0.4) is 0 Å². The molecule has 1 atom stereocenters. The van der Waals surface area contributed by atoms with Gasteiger partial charge in [0.15, 0.2) is 0 Å². The minimum Gasteiger partial charge on any atom is -0.320 e. The van der Waals surface area contributed by atoms with Gasteiger partial charge in [-0.25, -0.2) is 13.1 Å². The normalized spacial score (nSPS) is 13.4. The van der Waals surface area contributed by atoms with E-state index in [1.807, 2.05) is 4.72 Å². The Morgan fingerprint density at radius 2 is 2.05 bits per heavy atom. The number of alkyl halides is 3. The largest absolute Gasteiger partial charge is 0.390 e. The molecule has 0 spiro atoms. The number of halogens is 3. The molecule has 0 saturated heterocycles. The smallest absolute Gasteiger partial charge is 0.320 e. The second kappa shape index (κ2) is 6.93. The maximum absolute atomic E-state index is 12.2. The van der Waals surface area contributed by atoms with Gasteiger partial charge in [-0.2, -0.15) is 13.2 Å². The summed E-state index contributed by atoms with van der Waals surface area (Å²) in [5.74, 6) is 5.23. The lowest BCUT2D eigenvalue weighted by Gasteiger charge is -2.16. The molecular formula is C13H15F3N2O2S. The Hall–Kier alpha value is -1.56. The summed E-state index contributed by atoms with van der Waals surface area (Å²) in [7, 11) is -4.03. The van der Waals surface area contributed by atoms with Crippen LogP contribution in [0.5, 0.6) is 0 Å². The predicted molar refractivity (Wildman–Crippen MR) is 72.8 cm³/mol. The van der Waals surface area contributed by atoms with Gasteiger partial charge in [-0.1, -0.05) is 17.9 Å². The van der Waals surface area contributed by atoms with Crippen molar-refractivity contribution in [2.45, 2.75) is 30.5 Å². The average molecular weight is 320 g/mol. The summed E-state index contributed by atoms with van der Waals surface area (Å²) in [6, 6.07) is 4.36. The zero-order valence-corrected chi connectivity index (χ0v) is 12.1. The first-order valence-corrected chi connectivity index (χ1v) is 7.50. The van der Waals surface area contributed by atoms with Crippen molar-refractivity contribution in [2.24, 2.45) is 5.73 Å². The van der Waals surface area contributed by atoms with Crippen molar-refractivity contribution in [3.8, 4) is 11.8 Å². The molecule has 1 aromatic rings. The maximum atomic E-state index is 12.2. The van der Waals surface area contributed by atoms with Crippen LogP contribution in [0.15, 0.2) is 29.2 Å². The van der Waals surface area contributed by atoms with Crippen LogP contribution in [-0.4, -0.2) is 27.2 Å². The predicted octanol–water partition coefficient (Wildman–Crippen LogP) is 1.62. The topological polar surface area (TPSA) is 72.2 Å². The van der Waals surface area contributed by atoms with E-state index in [1.165, 1.54) is 18.2 Å². The summed E-state index contributed by atoms with van der Waals surface area (Å²) in [6.07, 6.45) is -5.67. The molecule has 0 aliphatic heterocycles. The Bertz CT molecular complexity index is 645. The lowest BCUT2D eigenvalue weighted by molar-refractivity contribution is -0.137. The highest BCUT2D eigenvalue weighted by atomic mass is 32.2. The average Bonchev–Trinajstić information content (AvgIpc) is 2.33. The molecule has 1 rings (SSSR count). The fraction of sp³-hybridized carbons (Fsp3) is 0.385. The number of hydrogen-bond acceptors (Lipinski definition) is 3. The van der Waals surface area contributed by atoms with Crippen molar-refractivity contribution >= 4 is 10.0 Å². The van der Waals surface area contributed by atoms with Crippen molar-refractivity contribution in [1.29, 1.82) is 0 Å². The van der Waals surface area contributed by atoms with Gasteiger partial charge in [0.1, 0.15) is 0 Å². The summed E-state index contributed by atoms with van der Waals surface area (Å²) in [5, 5.41) is 0. The number of rotatable bonds is 4. The molecule has 0 bridgehead atoms. The molecule has 0 radical (unpaired) electrons. The SMILES string of the molecule is CC(CC(F)(F)F)NS(=O)(=O)c1cccc(C#CCN)c1. The van der Waals surface area contributed by atoms with Crippen LogP contribution in [0.1, 0.15) is 18.9 Å². The minimum absolute atomic E-state index is 0.123. The van der Waals surface area contributed by atoms with Gasteiger partial charge in [-0.3, -0.25) is 0 Å². The minimum atomic E-state index is -4.43. The van der Waals surface area contributed by atoms with Crippen LogP contribution in [-0.2, 0) is 10.0 Å². The first-order chi connectivity index (χ1) is 9.64. The highest BCUT2D eigenvalue weighted by molar-refractivity contribution is 7.89.